The van der Waals surface area contributed by atoms with Gasteiger partial charge in [-0.05, 0) is 68.4 Å². The first-order valence-corrected chi connectivity index (χ1v) is 16.8. The van der Waals surface area contributed by atoms with E-state index in [0.29, 0.717) is 31.3 Å². The molecule has 1 amide bonds. The number of hydrogen-bond donors (Lipinski definition) is 0. The predicted octanol–water partition coefficient (Wildman–Crippen LogP) is 3.69. The molecule has 11 nitrogen and oxygen atoms in total. The minimum atomic E-state index is -2.93. The van der Waals surface area contributed by atoms with Crippen LogP contribution in [0.2, 0.25) is 0 Å². The minimum absolute atomic E-state index is 0.0350. The summed E-state index contributed by atoms with van der Waals surface area (Å²) in [5.41, 5.74) is 0.960. The van der Waals surface area contributed by atoms with Crippen molar-refractivity contribution in [3.05, 3.63) is 66.8 Å². The highest BCUT2D eigenvalue weighted by molar-refractivity contribution is 7.91. The summed E-state index contributed by atoms with van der Waals surface area (Å²) in [6.07, 6.45) is 14.0. The van der Waals surface area contributed by atoms with Gasteiger partial charge in [0.1, 0.15) is 17.9 Å². The molecule has 0 radical (unpaired) electrons. The van der Waals surface area contributed by atoms with E-state index in [-0.39, 0.29) is 29.2 Å². The van der Waals surface area contributed by atoms with Crippen LogP contribution in [0, 0.1) is 17.8 Å². The van der Waals surface area contributed by atoms with E-state index >= 15 is 0 Å². The van der Waals surface area contributed by atoms with Crippen LogP contribution in [0.4, 0.5) is 0 Å². The first-order chi connectivity index (χ1) is 20.9. The lowest BCUT2D eigenvalue weighted by Gasteiger charge is -2.33. The molecule has 1 saturated carbocycles. The van der Waals surface area contributed by atoms with Gasteiger partial charge in [0.25, 0.3) is 0 Å². The Morgan fingerprint density at radius 1 is 1.07 bits per heavy atom. The molecule has 43 heavy (non-hydrogen) atoms. The molecule has 0 bridgehead atoms. The van der Waals surface area contributed by atoms with Crippen LogP contribution >= 0.6 is 0 Å². The Kier molecular flexibility index (Phi) is 7.46. The Hall–Kier alpha value is -4.06. The Bertz CT molecular complexity index is 1770. The Morgan fingerprint density at radius 3 is 2.79 bits per heavy atom. The third-order valence-corrected chi connectivity index (χ3v) is 10.8. The highest BCUT2D eigenvalue weighted by atomic mass is 32.2. The number of rotatable bonds is 7. The van der Waals surface area contributed by atoms with Crippen LogP contribution in [0.1, 0.15) is 43.8 Å². The summed E-state index contributed by atoms with van der Waals surface area (Å²) < 4.78 is 33.7. The number of hydrogen-bond acceptors (Lipinski definition) is 8. The average molecular weight is 602 g/mol. The molecule has 1 saturated heterocycles. The molecule has 1 aliphatic carbocycles. The van der Waals surface area contributed by atoms with Gasteiger partial charge in [-0.3, -0.25) is 4.79 Å². The number of ether oxygens (including phenoxy) is 1. The molecule has 1 atom stereocenters. The fourth-order valence-corrected chi connectivity index (χ4v) is 8.39. The number of aromatic nitrogens is 6. The topological polar surface area (TPSA) is 125 Å². The molecule has 224 valence electrons. The van der Waals surface area contributed by atoms with Crippen LogP contribution < -0.4 is 4.74 Å². The monoisotopic (exact) mass is 601 g/mol. The molecule has 0 N–H and O–H groups in total. The van der Waals surface area contributed by atoms with E-state index < -0.39 is 9.84 Å². The number of allylic oxidation sites excluding steroid dienone is 1. The van der Waals surface area contributed by atoms with Crippen molar-refractivity contribution in [2.75, 3.05) is 24.7 Å². The van der Waals surface area contributed by atoms with E-state index in [1.807, 2.05) is 56.6 Å². The van der Waals surface area contributed by atoms with E-state index in [4.69, 9.17) is 9.72 Å². The first kappa shape index (κ1) is 27.8. The summed E-state index contributed by atoms with van der Waals surface area (Å²) in [5.74, 6) is 4.19. The van der Waals surface area contributed by atoms with Crippen LogP contribution in [0.5, 0.6) is 5.75 Å². The van der Waals surface area contributed by atoms with E-state index in [2.05, 4.69) is 21.3 Å². The van der Waals surface area contributed by atoms with Crippen LogP contribution in [0.15, 0.2) is 55.1 Å². The molecule has 1 aromatic carbocycles. The van der Waals surface area contributed by atoms with Gasteiger partial charge in [-0.1, -0.05) is 12.1 Å². The molecule has 3 aliphatic rings. The van der Waals surface area contributed by atoms with Crippen molar-refractivity contribution in [3.8, 4) is 11.6 Å². The smallest absolute Gasteiger partial charge is 0.226 e. The quantitative estimate of drug-likeness (QED) is 0.314. The molecule has 1 unspecified atom stereocenters. The number of benzene rings is 1. The first-order valence-electron chi connectivity index (χ1n) is 15.0. The Labute approximate surface area is 250 Å². The van der Waals surface area contributed by atoms with Gasteiger partial charge in [0.2, 0.25) is 5.91 Å². The number of carbonyl (C=O) groups is 1. The second kappa shape index (κ2) is 11.6. The number of nitrogens with zero attached hydrogens (tertiary/aromatic N) is 7. The maximum absolute atomic E-state index is 13.2. The fourth-order valence-electron chi connectivity index (χ4n) is 6.55. The van der Waals surface area contributed by atoms with Crippen molar-refractivity contribution in [3.63, 3.8) is 0 Å². The number of fused-ring (bicyclic) bond motifs is 2. The van der Waals surface area contributed by atoms with Gasteiger partial charge in [-0.2, -0.15) is 0 Å². The SMILES string of the molecule is O=C(C1CCC(/C=C\c2nccc(-n3ccc4c(OCC5CCS(=O)(=O)C5)cccc43)n2)CC1)N1CCn2cnnc2C1. The lowest BCUT2D eigenvalue weighted by Crippen LogP contribution is -2.42. The molecular weight excluding hydrogens is 566 g/mol. The maximum Gasteiger partial charge on any atom is 0.226 e. The maximum atomic E-state index is 13.2. The minimum Gasteiger partial charge on any atom is -0.493 e. The normalized spacial score (nSPS) is 23.5. The zero-order valence-electron chi connectivity index (χ0n) is 24.0. The van der Waals surface area contributed by atoms with Crippen LogP contribution in [-0.4, -0.2) is 73.2 Å². The summed E-state index contributed by atoms with van der Waals surface area (Å²) in [7, 11) is -2.93. The van der Waals surface area contributed by atoms with Crippen molar-refractivity contribution in [2.45, 2.75) is 45.2 Å². The standard InChI is InChI=1S/C31H35N7O4S/c39-31(36-15-16-37-21-33-35-30(37)18-36)24-7-4-22(5-8-24)6-9-28-32-13-10-29(34-28)38-14-11-25-26(38)2-1-3-27(25)42-19-23-12-17-43(40,41)20-23/h1-3,6,9-11,13-14,21-24H,4-5,7-8,12,15-20H2/b9-6-. The summed E-state index contributed by atoms with van der Waals surface area (Å²) in [6.45, 7) is 2.41. The van der Waals surface area contributed by atoms with Gasteiger partial charge in [-0.25, -0.2) is 18.4 Å². The molecule has 7 rings (SSSR count). The number of amides is 1. The van der Waals surface area contributed by atoms with Gasteiger partial charge in [0, 0.05) is 42.7 Å². The lowest BCUT2D eigenvalue weighted by molar-refractivity contribution is -0.138. The molecule has 2 fully saturated rings. The summed E-state index contributed by atoms with van der Waals surface area (Å²) >= 11 is 0. The second-order valence-electron chi connectivity index (χ2n) is 11.9. The van der Waals surface area contributed by atoms with Crippen molar-refractivity contribution in [1.82, 2.24) is 34.2 Å². The zero-order valence-corrected chi connectivity index (χ0v) is 24.8. The number of carbonyl (C=O) groups excluding carboxylic acids is 1. The predicted molar refractivity (Wildman–Crippen MR) is 161 cm³/mol. The highest BCUT2D eigenvalue weighted by Gasteiger charge is 2.31. The van der Waals surface area contributed by atoms with Crippen molar-refractivity contribution >= 4 is 32.7 Å². The van der Waals surface area contributed by atoms with E-state index in [0.717, 1.165) is 67.1 Å². The molecule has 0 spiro atoms. The van der Waals surface area contributed by atoms with E-state index in [1.54, 1.807) is 12.5 Å². The zero-order chi connectivity index (χ0) is 29.4. The lowest BCUT2D eigenvalue weighted by atomic mass is 9.81. The van der Waals surface area contributed by atoms with Crippen LogP contribution in [0.25, 0.3) is 22.8 Å². The molecular formula is C31H35N7O4S. The Morgan fingerprint density at radius 2 is 1.95 bits per heavy atom. The van der Waals surface area contributed by atoms with Crippen molar-refractivity contribution in [1.29, 1.82) is 0 Å². The molecule has 2 aliphatic heterocycles. The summed E-state index contributed by atoms with van der Waals surface area (Å²) in [6, 6.07) is 9.77. The fraction of sp³-hybridized carbons (Fsp3) is 0.452. The molecule has 5 heterocycles. The van der Waals surface area contributed by atoms with Gasteiger partial charge in [-0.15, -0.1) is 10.2 Å². The van der Waals surface area contributed by atoms with Gasteiger partial charge >= 0.3 is 0 Å². The Balaban J connectivity index is 0.973. The number of sulfone groups is 1. The van der Waals surface area contributed by atoms with Crippen LogP contribution in [-0.2, 0) is 27.7 Å². The average Bonchev–Trinajstić information content (AvgIpc) is 3.77. The molecule has 4 aromatic rings. The summed E-state index contributed by atoms with van der Waals surface area (Å²) in [5, 5.41) is 9.06. The third kappa shape index (κ3) is 5.93. The van der Waals surface area contributed by atoms with E-state index in [1.165, 1.54) is 0 Å². The largest absolute Gasteiger partial charge is 0.493 e. The highest BCUT2D eigenvalue weighted by Crippen LogP contribution is 2.32. The summed E-state index contributed by atoms with van der Waals surface area (Å²) in [4.78, 5) is 24.4. The van der Waals surface area contributed by atoms with Gasteiger partial charge in [0.05, 0.1) is 30.2 Å². The van der Waals surface area contributed by atoms with Gasteiger partial charge < -0.3 is 18.8 Å². The molecule has 12 heteroatoms. The van der Waals surface area contributed by atoms with Crippen molar-refractivity contribution in [2.24, 2.45) is 17.8 Å². The van der Waals surface area contributed by atoms with Gasteiger partial charge in [0.15, 0.2) is 21.5 Å². The van der Waals surface area contributed by atoms with E-state index in [9.17, 15) is 13.2 Å². The molecule has 3 aromatic heterocycles. The van der Waals surface area contributed by atoms with Crippen molar-refractivity contribution < 1.29 is 17.9 Å². The third-order valence-electron chi connectivity index (χ3n) is 8.99. The second-order valence-corrected chi connectivity index (χ2v) is 14.1. The van der Waals surface area contributed by atoms with Crippen LogP contribution in [0.3, 0.4) is 0 Å².